The van der Waals surface area contributed by atoms with E-state index < -0.39 is 0 Å². The molecule has 5 aromatic rings. The molecule has 0 bridgehead atoms. The average Bonchev–Trinajstić information content (AvgIpc) is 2.81. The quantitative estimate of drug-likeness (QED) is 0.332. The highest BCUT2D eigenvalue weighted by Crippen LogP contribution is 2.36. The van der Waals surface area contributed by atoms with Crippen molar-refractivity contribution in [2.45, 2.75) is 0 Å². The molecule has 0 heterocycles. The van der Waals surface area contributed by atoms with Crippen molar-refractivity contribution < 1.29 is 0 Å². The van der Waals surface area contributed by atoms with E-state index in [1.165, 1.54) is 27.4 Å². The highest BCUT2D eigenvalue weighted by molar-refractivity contribution is 6.38. The topological polar surface area (TPSA) is 3.24 Å². The Bertz CT molecular complexity index is 1280. The summed E-state index contributed by atoms with van der Waals surface area (Å²) < 4.78 is 0. The molecule has 0 unspecified atom stereocenters. The number of fused-ring (bicyclic) bond motifs is 1. The smallest absolute Gasteiger partial charge is 0.140 e. The third-order valence-corrected chi connectivity index (χ3v) is 5.59. The Kier molecular flexibility index (Phi) is 4.82. The first-order valence-corrected chi connectivity index (χ1v) is 10.3. The van der Waals surface area contributed by atoms with Gasteiger partial charge < -0.3 is 4.90 Å². The van der Waals surface area contributed by atoms with E-state index in [1.807, 2.05) is 0 Å². The van der Waals surface area contributed by atoms with Gasteiger partial charge in [0, 0.05) is 17.1 Å². The maximum absolute atomic E-state index is 2.32. The molecule has 0 aliphatic rings. The van der Waals surface area contributed by atoms with Gasteiger partial charge in [0.25, 0.3) is 0 Å². The lowest BCUT2D eigenvalue weighted by Crippen LogP contribution is -2.10. The highest BCUT2D eigenvalue weighted by Gasteiger charge is 2.13. The zero-order chi connectivity index (χ0) is 20.3. The molecule has 0 aliphatic heterocycles. The van der Waals surface area contributed by atoms with Crippen LogP contribution in [-0.2, 0) is 0 Å². The van der Waals surface area contributed by atoms with E-state index in [2.05, 4.69) is 134 Å². The fraction of sp³-hybridized carbons (Fsp3) is 0. The molecule has 0 fully saturated rings. The van der Waals surface area contributed by atoms with Crippen LogP contribution in [0.4, 0.5) is 17.1 Å². The van der Waals surface area contributed by atoms with Crippen LogP contribution in [0.15, 0.2) is 121 Å². The van der Waals surface area contributed by atoms with Gasteiger partial charge in [0.05, 0.1) is 0 Å². The summed E-state index contributed by atoms with van der Waals surface area (Å²) in [5.41, 5.74) is 7.21. The molecule has 0 atom stereocenters. The predicted molar refractivity (Wildman–Crippen MR) is 132 cm³/mol. The Balaban J connectivity index is 1.61. The number of hydrogen-bond acceptors (Lipinski definition) is 1. The summed E-state index contributed by atoms with van der Waals surface area (Å²) in [6.07, 6.45) is 0. The molecule has 1 nitrogen and oxygen atoms in total. The number of nitrogens with zero attached hydrogens (tertiary/aromatic N) is 1. The molecule has 2 heteroatoms. The first kappa shape index (κ1) is 18.3. The van der Waals surface area contributed by atoms with E-state index in [-0.39, 0.29) is 0 Å². The summed E-state index contributed by atoms with van der Waals surface area (Å²) >= 11 is 0. The van der Waals surface area contributed by atoms with Gasteiger partial charge in [-0.15, -0.1) is 0 Å². The largest absolute Gasteiger partial charge is 0.310 e. The molecule has 142 valence electrons. The van der Waals surface area contributed by atoms with Crippen LogP contribution in [0.1, 0.15) is 0 Å². The van der Waals surface area contributed by atoms with Crippen molar-refractivity contribution in [2.75, 3.05) is 4.90 Å². The van der Waals surface area contributed by atoms with E-state index in [4.69, 9.17) is 0 Å². The van der Waals surface area contributed by atoms with Crippen LogP contribution in [0.2, 0.25) is 0 Å². The standard InChI is InChI=1S/C28H22BN/c29-28-13-7-10-23-20-26(18-19-27(23)28)30(24-11-5-2-6-12-24)25-16-14-22(15-17-25)21-8-3-1-4-9-21/h1-20H,29H2. The zero-order valence-corrected chi connectivity index (χ0v) is 17.0. The molecule has 5 rings (SSSR count). The van der Waals surface area contributed by atoms with Crippen LogP contribution in [-0.4, -0.2) is 7.85 Å². The second-order valence-corrected chi connectivity index (χ2v) is 7.56. The normalized spacial score (nSPS) is 10.8. The van der Waals surface area contributed by atoms with Crippen molar-refractivity contribution in [3.63, 3.8) is 0 Å². The van der Waals surface area contributed by atoms with E-state index in [1.54, 1.807) is 0 Å². The lowest BCUT2D eigenvalue weighted by molar-refractivity contribution is 1.29. The minimum Gasteiger partial charge on any atom is -0.310 e. The molecule has 0 spiro atoms. The van der Waals surface area contributed by atoms with E-state index in [0.29, 0.717) is 0 Å². The Morgan fingerprint density at radius 2 is 1.07 bits per heavy atom. The van der Waals surface area contributed by atoms with Gasteiger partial charge in [-0.05, 0) is 58.3 Å². The van der Waals surface area contributed by atoms with Gasteiger partial charge in [0.1, 0.15) is 7.85 Å². The number of benzene rings is 5. The number of hydrogen-bond donors (Lipinski definition) is 0. The van der Waals surface area contributed by atoms with E-state index in [9.17, 15) is 0 Å². The highest BCUT2D eigenvalue weighted by atomic mass is 15.1. The maximum atomic E-state index is 2.32. The SMILES string of the molecule is Bc1cccc2cc(N(c3ccccc3)c3ccc(-c4ccccc4)cc3)ccc12. The van der Waals surface area contributed by atoms with Crippen molar-refractivity contribution >= 4 is 41.1 Å². The van der Waals surface area contributed by atoms with Gasteiger partial charge in [-0.25, -0.2) is 0 Å². The van der Waals surface area contributed by atoms with Crippen LogP contribution in [0.3, 0.4) is 0 Å². The monoisotopic (exact) mass is 383 g/mol. The summed E-state index contributed by atoms with van der Waals surface area (Å²) in [5.74, 6) is 0. The second kappa shape index (κ2) is 7.92. The fourth-order valence-corrected chi connectivity index (χ4v) is 4.03. The summed E-state index contributed by atoms with van der Waals surface area (Å²) in [5, 5.41) is 2.56. The fourth-order valence-electron chi connectivity index (χ4n) is 4.03. The second-order valence-electron chi connectivity index (χ2n) is 7.56. The average molecular weight is 383 g/mol. The molecule has 0 saturated carbocycles. The molecule has 0 aliphatic carbocycles. The Labute approximate surface area is 178 Å². The predicted octanol–water partition coefficient (Wildman–Crippen LogP) is 6.24. The van der Waals surface area contributed by atoms with Crippen LogP contribution in [0, 0.1) is 0 Å². The molecule has 0 aromatic heterocycles. The molecule has 0 N–H and O–H groups in total. The van der Waals surface area contributed by atoms with Crippen LogP contribution < -0.4 is 10.4 Å². The summed E-state index contributed by atoms with van der Waals surface area (Å²) in [6, 6.07) is 43.1. The van der Waals surface area contributed by atoms with Gasteiger partial charge in [-0.2, -0.15) is 0 Å². The van der Waals surface area contributed by atoms with Crippen LogP contribution in [0.25, 0.3) is 21.9 Å². The number of rotatable bonds is 4. The van der Waals surface area contributed by atoms with Gasteiger partial charge >= 0.3 is 0 Å². The minimum absolute atomic E-state index is 1.15. The van der Waals surface area contributed by atoms with Gasteiger partial charge in [0.2, 0.25) is 0 Å². The van der Waals surface area contributed by atoms with Crippen molar-refractivity contribution in [1.29, 1.82) is 0 Å². The lowest BCUT2D eigenvalue weighted by atomic mass is 9.90. The summed E-state index contributed by atoms with van der Waals surface area (Å²) in [7, 11) is 2.17. The molecule has 5 aromatic carbocycles. The first-order chi connectivity index (χ1) is 14.8. The molecule has 0 radical (unpaired) electrons. The van der Waals surface area contributed by atoms with Gasteiger partial charge in [0.15, 0.2) is 0 Å². The van der Waals surface area contributed by atoms with Crippen LogP contribution in [0.5, 0.6) is 0 Å². The Morgan fingerprint density at radius 1 is 0.467 bits per heavy atom. The summed E-state index contributed by atoms with van der Waals surface area (Å²) in [6.45, 7) is 0. The van der Waals surface area contributed by atoms with Crippen molar-refractivity contribution in [1.82, 2.24) is 0 Å². The van der Waals surface area contributed by atoms with Crippen molar-refractivity contribution in [3.8, 4) is 11.1 Å². The molecular weight excluding hydrogens is 361 g/mol. The van der Waals surface area contributed by atoms with E-state index >= 15 is 0 Å². The Hall–Kier alpha value is -3.78. The van der Waals surface area contributed by atoms with Crippen molar-refractivity contribution in [3.05, 3.63) is 121 Å². The molecule has 0 amide bonds. The lowest BCUT2D eigenvalue weighted by Gasteiger charge is -2.26. The van der Waals surface area contributed by atoms with Gasteiger partial charge in [-0.3, -0.25) is 0 Å². The third kappa shape index (κ3) is 3.49. The zero-order valence-electron chi connectivity index (χ0n) is 17.0. The minimum atomic E-state index is 1.15. The molecule has 30 heavy (non-hydrogen) atoms. The Morgan fingerprint density at radius 3 is 1.80 bits per heavy atom. The van der Waals surface area contributed by atoms with Gasteiger partial charge in [-0.1, -0.05) is 90.4 Å². The summed E-state index contributed by atoms with van der Waals surface area (Å²) in [4.78, 5) is 2.32. The molecular formula is C28H22BN. The number of anilines is 3. The first-order valence-electron chi connectivity index (χ1n) is 10.3. The number of para-hydroxylation sites is 1. The van der Waals surface area contributed by atoms with E-state index in [0.717, 1.165) is 17.1 Å². The van der Waals surface area contributed by atoms with Crippen LogP contribution >= 0.6 is 0 Å². The third-order valence-electron chi connectivity index (χ3n) is 5.59. The van der Waals surface area contributed by atoms with Crippen molar-refractivity contribution in [2.24, 2.45) is 0 Å². The molecule has 0 saturated heterocycles. The maximum Gasteiger partial charge on any atom is 0.140 e.